The smallest absolute Gasteiger partial charge is 0.308 e. The van der Waals surface area contributed by atoms with Crippen molar-refractivity contribution in [2.45, 2.75) is 45.2 Å². The quantitative estimate of drug-likeness (QED) is 0.482. The summed E-state index contributed by atoms with van der Waals surface area (Å²) < 4.78 is 4.79. The maximum atomic E-state index is 12.7. The van der Waals surface area contributed by atoms with Gasteiger partial charge in [-0.15, -0.1) is 0 Å². The normalized spacial score (nSPS) is 23.1. The van der Waals surface area contributed by atoms with Gasteiger partial charge >= 0.3 is 5.97 Å². The van der Waals surface area contributed by atoms with E-state index in [9.17, 15) is 19.7 Å². The molecule has 24 heavy (non-hydrogen) atoms. The van der Waals surface area contributed by atoms with E-state index in [0.717, 1.165) is 24.0 Å². The predicted molar refractivity (Wildman–Crippen MR) is 85.5 cm³/mol. The number of nitro benzene ring substituents is 1. The minimum atomic E-state index is -0.467. The fraction of sp³-hybridized carbons (Fsp3) is 0.529. The van der Waals surface area contributed by atoms with Crippen LogP contribution in [0, 0.1) is 23.0 Å². The summed E-state index contributed by atoms with van der Waals surface area (Å²) in [6.07, 6.45) is 2.91. The molecule has 7 heteroatoms. The zero-order valence-corrected chi connectivity index (χ0v) is 13.8. The Labute approximate surface area is 139 Å². The lowest BCUT2D eigenvalue weighted by molar-refractivity contribution is -0.384. The summed E-state index contributed by atoms with van der Waals surface area (Å²) in [6, 6.07) is 2.97. The van der Waals surface area contributed by atoms with Crippen LogP contribution in [-0.4, -0.2) is 34.9 Å². The number of non-ortho nitro benzene ring substituents is 1. The van der Waals surface area contributed by atoms with Gasteiger partial charge in [0.15, 0.2) is 0 Å². The molecule has 0 N–H and O–H groups in total. The van der Waals surface area contributed by atoms with Gasteiger partial charge in [-0.05, 0) is 43.7 Å². The van der Waals surface area contributed by atoms with Gasteiger partial charge in [0, 0.05) is 24.7 Å². The molecule has 1 amide bonds. The SMILES string of the molecule is COC(=O)C1CCC(N2Cc3c(C)cc([N+](=O)[O-])cc3C2=O)CC1. The minimum absolute atomic E-state index is 0.0455. The highest BCUT2D eigenvalue weighted by atomic mass is 16.6. The van der Waals surface area contributed by atoms with Crippen molar-refractivity contribution >= 4 is 17.6 Å². The second-order valence-corrected chi connectivity index (χ2v) is 6.51. The summed E-state index contributed by atoms with van der Waals surface area (Å²) in [7, 11) is 1.39. The van der Waals surface area contributed by atoms with Gasteiger partial charge in [-0.2, -0.15) is 0 Å². The number of esters is 1. The molecule has 1 aliphatic carbocycles. The van der Waals surface area contributed by atoms with Gasteiger partial charge < -0.3 is 9.64 Å². The fourth-order valence-corrected chi connectivity index (χ4v) is 3.79. The first kappa shape index (κ1) is 16.4. The Bertz CT molecular complexity index is 707. The lowest BCUT2D eigenvalue weighted by atomic mass is 9.85. The molecule has 0 spiro atoms. The molecule has 0 bridgehead atoms. The van der Waals surface area contributed by atoms with Gasteiger partial charge in [-0.25, -0.2) is 0 Å². The van der Waals surface area contributed by atoms with Gasteiger partial charge in [0.25, 0.3) is 11.6 Å². The van der Waals surface area contributed by atoms with Crippen LogP contribution in [0.2, 0.25) is 0 Å². The second kappa shape index (κ2) is 6.22. The number of amides is 1. The largest absolute Gasteiger partial charge is 0.469 e. The number of benzene rings is 1. The van der Waals surface area contributed by atoms with E-state index in [4.69, 9.17) is 4.74 Å². The average Bonchev–Trinajstić information content (AvgIpc) is 2.92. The van der Waals surface area contributed by atoms with Crippen molar-refractivity contribution in [2.75, 3.05) is 7.11 Å². The molecule has 1 aromatic carbocycles. The Hall–Kier alpha value is -2.44. The Balaban J connectivity index is 1.76. The molecule has 1 heterocycles. The van der Waals surface area contributed by atoms with Crippen molar-refractivity contribution in [3.8, 4) is 0 Å². The highest BCUT2D eigenvalue weighted by Gasteiger charge is 2.37. The predicted octanol–water partition coefficient (Wildman–Crippen LogP) is 2.59. The van der Waals surface area contributed by atoms with Crippen LogP contribution < -0.4 is 0 Å². The van der Waals surface area contributed by atoms with E-state index in [-0.39, 0.29) is 29.5 Å². The van der Waals surface area contributed by atoms with Crippen LogP contribution in [0.1, 0.15) is 47.2 Å². The maximum absolute atomic E-state index is 12.7. The zero-order valence-electron chi connectivity index (χ0n) is 13.8. The van der Waals surface area contributed by atoms with Crippen LogP contribution in [-0.2, 0) is 16.1 Å². The molecule has 0 unspecified atom stereocenters. The van der Waals surface area contributed by atoms with E-state index in [1.54, 1.807) is 11.8 Å². The monoisotopic (exact) mass is 332 g/mol. The van der Waals surface area contributed by atoms with Crippen LogP contribution in [0.25, 0.3) is 0 Å². The Morgan fingerprint density at radius 2 is 1.96 bits per heavy atom. The highest BCUT2D eigenvalue weighted by Crippen LogP contribution is 2.36. The molecule has 0 radical (unpaired) electrons. The highest BCUT2D eigenvalue weighted by molar-refractivity contribution is 5.99. The third kappa shape index (κ3) is 2.74. The van der Waals surface area contributed by atoms with E-state index < -0.39 is 4.92 Å². The van der Waals surface area contributed by atoms with E-state index >= 15 is 0 Å². The number of methoxy groups -OCH3 is 1. The first-order chi connectivity index (χ1) is 11.4. The third-order valence-electron chi connectivity index (χ3n) is 5.16. The summed E-state index contributed by atoms with van der Waals surface area (Å²) in [6.45, 7) is 2.29. The molecular weight excluding hydrogens is 312 g/mol. The summed E-state index contributed by atoms with van der Waals surface area (Å²) in [5.41, 5.74) is 2.05. The molecule has 0 aromatic heterocycles. The molecule has 3 rings (SSSR count). The first-order valence-electron chi connectivity index (χ1n) is 8.09. The van der Waals surface area contributed by atoms with Crippen LogP contribution in [0.5, 0.6) is 0 Å². The van der Waals surface area contributed by atoms with E-state index in [1.807, 2.05) is 0 Å². The van der Waals surface area contributed by atoms with Crippen LogP contribution in [0.3, 0.4) is 0 Å². The number of nitrogens with zero attached hydrogens (tertiary/aromatic N) is 2. The number of hydrogen-bond acceptors (Lipinski definition) is 5. The number of fused-ring (bicyclic) bond motifs is 1. The molecule has 0 saturated heterocycles. The Morgan fingerprint density at radius 3 is 2.54 bits per heavy atom. The molecule has 1 aromatic rings. The summed E-state index contributed by atoms with van der Waals surface area (Å²) >= 11 is 0. The topological polar surface area (TPSA) is 89.8 Å². The number of hydrogen-bond donors (Lipinski definition) is 0. The fourth-order valence-electron chi connectivity index (χ4n) is 3.79. The van der Waals surface area contributed by atoms with Gasteiger partial charge in [0.2, 0.25) is 0 Å². The lowest BCUT2D eigenvalue weighted by Crippen LogP contribution is -2.39. The molecule has 1 aliphatic heterocycles. The number of carbonyl (C=O) groups excluding carboxylic acids is 2. The van der Waals surface area contributed by atoms with E-state index in [2.05, 4.69) is 0 Å². The van der Waals surface area contributed by atoms with Crippen molar-refractivity contribution in [3.63, 3.8) is 0 Å². The third-order valence-corrected chi connectivity index (χ3v) is 5.16. The van der Waals surface area contributed by atoms with Crippen molar-refractivity contribution < 1.29 is 19.2 Å². The van der Waals surface area contributed by atoms with Crippen LogP contribution in [0.15, 0.2) is 12.1 Å². The Kier molecular flexibility index (Phi) is 4.26. The van der Waals surface area contributed by atoms with Crippen molar-refractivity contribution in [2.24, 2.45) is 5.92 Å². The Morgan fingerprint density at radius 1 is 1.29 bits per heavy atom. The van der Waals surface area contributed by atoms with E-state index in [1.165, 1.54) is 19.2 Å². The first-order valence-corrected chi connectivity index (χ1v) is 8.09. The van der Waals surface area contributed by atoms with Gasteiger partial charge in [-0.3, -0.25) is 19.7 Å². The molecule has 128 valence electrons. The number of ether oxygens (including phenoxy) is 1. The number of aryl methyl sites for hydroxylation is 1. The zero-order chi connectivity index (χ0) is 17.4. The summed E-state index contributed by atoms with van der Waals surface area (Å²) in [5, 5.41) is 11.0. The van der Waals surface area contributed by atoms with Gasteiger partial charge in [0.1, 0.15) is 0 Å². The molecular formula is C17H20N2O5. The average molecular weight is 332 g/mol. The molecule has 1 saturated carbocycles. The van der Waals surface area contributed by atoms with Crippen molar-refractivity contribution in [1.29, 1.82) is 0 Å². The minimum Gasteiger partial charge on any atom is -0.469 e. The number of rotatable bonds is 3. The lowest BCUT2D eigenvalue weighted by Gasteiger charge is -2.33. The molecule has 2 aliphatic rings. The van der Waals surface area contributed by atoms with Crippen LogP contribution in [0.4, 0.5) is 5.69 Å². The maximum Gasteiger partial charge on any atom is 0.308 e. The number of nitro groups is 1. The van der Waals surface area contributed by atoms with E-state index in [0.29, 0.717) is 24.9 Å². The summed E-state index contributed by atoms with van der Waals surface area (Å²) in [5.74, 6) is -0.413. The van der Waals surface area contributed by atoms with Crippen molar-refractivity contribution in [1.82, 2.24) is 4.90 Å². The standard InChI is InChI=1S/C17H20N2O5/c1-10-7-13(19(22)23)8-14-15(10)9-18(16(14)20)12-5-3-11(4-6-12)17(21)24-2/h7-8,11-12H,3-6,9H2,1-2H3. The van der Waals surface area contributed by atoms with Gasteiger partial charge in [0.05, 0.1) is 23.5 Å². The summed E-state index contributed by atoms with van der Waals surface area (Å²) in [4.78, 5) is 36.7. The van der Waals surface area contributed by atoms with Crippen molar-refractivity contribution in [3.05, 3.63) is 38.9 Å². The van der Waals surface area contributed by atoms with Crippen LogP contribution >= 0.6 is 0 Å². The van der Waals surface area contributed by atoms with Gasteiger partial charge in [-0.1, -0.05) is 0 Å². The molecule has 1 fully saturated rings. The number of carbonyl (C=O) groups is 2. The molecule has 7 nitrogen and oxygen atoms in total. The second-order valence-electron chi connectivity index (χ2n) is 6.51. The molecule has 0 atom stereocenters.